The van der Waals surface area contributed by atoms with Crippen LogP contribution in [0.15, 0.2) is 24.3 Å². The Hall–Kier alpha value is -1.55. The van der Waals surface area contributed by atoms with Gasteiger partial charge in [0, 0.05) is 18.5 Å². The van der Waals surface area contributed by atoms with Gasteiger partial charge in [-0.15, -0.1) is 0 Å². The summed E-state index contributed by atoms with van der Waals surface area (Å²) >= 11 is 0. The number of fused-ring (bicyclic) bond motifs is 1. The smallest absolute Gasteiger partial charge is 0.317 e. The van der Waals surface area contributed by atoms with Crippen LogP contribution in [0.4, 0.5) is 4.79 Å². The number of piperidine rings is 1. The first-order chi connectivity index (χ1) is 11.0. The van der Waals surface area contributed by atoms with Crippen LogP contribution in [-0.2, 0) is 6.42 Å². The highest BCUT2D eigenvalue weighted by Gasteiger charge is 2.34. The molecule has 0 saturated carbocycles. The molecule has 23 heavy (non-hydrogen) atoms. The van der Waals surface area contributed by atoms with E-state index in [0.717, 1.165) is 32.2 Å². The summed E-state index contributed by atoms with van der Waals surface area (Å²) in [5.74, 6) is 0.447. The highest BCUT2D eigenvalue weighted by molar-refractivity contribution is 5.75. The molecule has 2 aliphatic rings. The summed E-state index contributed by atoms with van der Waals surface area (Å²) in [6.07, 6.45) is 4.14. The van der Waals surface area contributed by atoms with E-state index in [1.54, 1.807) is 0 Å². The number of aryl methyl sites for hydroxylation is 1. The molecule has 0 spiro atoms. The molecule has 1 heterocycles. The summed E-state index contributed by atoms with van der Waals surface area (Å²) in [4.78, 5) is 14.6. The van der Waals surface area contributed by atoms with Crippen molar-refractivity contribution in [3.8, 4) is 0 Å². The van der Waals surface area contributed by atoms with Gasteiger partial charge in [0.25, 0.3) is 0 Å². The summed E-state index contributed by atoms with van der Waals surface area (Å²) in [6, 6.07) is 8.55. The van der Waals surface area contributed by atoms with E-state index in [4.69, 9.17) is 0 Å². The Bertz CT molecular complexity index is 574. The van der Waals surface area contributed by atoms with Crippen molar-refractivity contribution in [2.24, 2.45) is 11.3 Å². The third-order valence-corrected chi connectivity index (χ3v) is 5.56. The number of aliphatic hydroxyl groups is 1. The van der Waals surface area contributed by atoms with Gasteiger partial charge in [0.1, 0.15) is 0 Å². The Morgan fingerprint density at radius 1 is 1.43 bits per heavy atom. The highest BCUT2D eigenvalue weighted by atomic mass is 16.3. The standard InChI is InChI=1S/C19H28N2O2/c1-14-8-9-15-6-3-4-7-16(15)17(14)20-18(23)21-11-5-10-19(2,12-21)13-22/h3-4,6-7,14,17,22H,5,8-13H2,1-2H3,(H,20,23). The molecule has 1 fully saturated rings. The van der Waals surface area contributed by atoms with Gasteiger partial charge in [0.05, 0.1) is 12.6 Å². The van der Waals surface area contributed by atoms with Crippen LogP contribution in [0.2, 0.25) is 0 Å². The van der Waals surface area contributed by atoms with Crippen LogP contribution in [0.1, 0.15) is 50.3 Å². The lowest BCUT2D eigenvalue weighted by atomic mass is 9.80. The minimum atomic E-state index is -0.161. The number of carbonyl (C=O) groups excluding carboxylic acids is 1. The van der Waals surface area contributed by atoms with Crippen LogP contribution < -0.4 is 5.32 Å². The zero-order chi connectivity index (χ0) is 16.4. The quantitative estimate of drug-likeness (QED) is 0.881. The number of benzene rings is 1. The van der Waals surface area contributed by atoms with Crippen molar-refractivity contribution in [3.05, 3.63) is 35.4 Å². The van der Waals surface area contributed by atoms with Gasteiger partial charge in [0.15, 0.2) is 0 Å². The van der Waals surface area contributed by atoms with Gasteiger partial charge in [-0.2, -0.15) is 0 Å². The van der Waals surface area contributed by atoms with Crippen LogP contribution in [0.3, 0.4) is 0 Å². The Balaban J connectivity index is 1.72. The lowest BCUT2D eigenvalue weighted by Gasteiger charge is -2.41. The molecule has 1 aliphatic heterocycles. The fourth-order valence-corrected chi connectivity index (χ4v) is 3.98. The maximum absolute atomic E-state index is 12.8. The average molecular weight is 316 g/mol. The SMILES string of the molecule is CC1CCc2ccccc2C1NC(=O)N1CCCC(C)(CO)C1. The molecule has 4 heteroatoms. The van der Waals surface area contributed by atoms with E-state index in [1.807, 2.05) is 4.90 Å². The van der Waals surface area contributed by atoms with Crippen molar-refractivity contribution in [1.29, 1.82) is 0 Å². The molecular formula is C19H28N2O2. The molecule has 3 atom stereocenters. The van der Waals surface area contributed by atoms with Crippen LogP contribution in [0, 0.1) is 11.3 Å². The molecule has 0 radical (unpaired) electrons. The molecule has 2 N–H and O–H groups in total. The number of hydrogen-bond acceptors (Lipinski definition) is 2. The van der Waals surface area contributed by atoms with Gasteiger partial charge >= 0.3 is 6.03 Å². The van der Waals surface area contributed by atoms with Crippen molar-refractivity contribution in [1.82, 2.24) is 10.2 Å². The summed E-state index contributed by atoms with van der Waals surface area (Å²) in [6.45, 7) is 5.83. The number of urea groups is 1. The molecule has 3 unspecified atom stereocenters. The maximum atomic E-state index is 12.8. The number of likely N-dealkylation sites (tertiary alicyclic amines) is 1. The predicted molar refractivity (Wildman–Crippen MR) is 91.2 cm³/mol. The zero-order valence-corrected chi connectivity index (χ0v) is 14.2. The van der Waals surface area contributed by atoms with E-state index in [-0.39, 0.29) is 24.1 Å². The van der Waals surface area contributed by atoms with E-state index in [9.17, 15) is 9.90 Å². The number of nitrogens with zero attached hydrogens (tertiary/aromatic N) is 1. The number of hydrogen-bond donors (Lipinski definition) is 2. The Labute approximate surface area is 138 Å². The van der Waals surface area contributed by atoms with Crippen LogP contribution in [0.5, 0.6) is 0 Å². The Kier molecular flexibility index (Phi) is 4.62. The summed E-state index contributed by atoms with van der Waals surface area (Å²) < 4.78 is 0. The van der Waals surface area contributed by atoms with Gasteiger partial charge < -0.3 is 15.3 Å². The maximum Gasteiger partial charge on any atom is 0.317 e. The van der Waals surface area contributed by atoms with Crippen molar-refractivity contribution in [2.45, 2.75) is 45.6 Å². The van der Waals surface area contributed by atoms with Gasteiger partial charge in [-0.3, -0.25) is 0 Å². The molecular weight excluding hydrogens is 288 g/mol. The minimum absolute atomic E-state index is 0.0120. The van der Waals surface area contributed by atoms with E-state index in [0.29, 0.717) is 12.5 Å². The van der Waals surface area contributed by atoms with Gasteiger partial charge in [-0.05, 0) is 42.7 Å². The van der Waals surface area contributed by atoms with Crippen LogP contribution in [-0.4, -0.2) is 35.7 Å². The van der Waals surface area contributed by atoms with Gasteiger partial charge in [-0.1, -0.05) is 38.1 Å². The second-order valence-corrected chi connectivity index (χ2v) is 7.64. The first kappa shape index (κ1) is 16.3. The van der Waals surface area contributed by atoms with Gasteiger partial charge in [-0.25, -0.2) is 4.79 Å². The minimum Gasteiger partial charge on any atom is -0.396 e. The van der Waals surface area contributed by atoms with E-state index >= 15 is 0 Å². The molecule has 1 aliphatic carbocycles. The molecule has 3 rings (SSSR count). The first-order valence-corrected chi connectivity index (χ1v) is 8.76. The molecule has 1 aromatic carbocycles. The normalized spacial score (nSPS) is 30.7. The third-order valence-electron chi connectivity index (χ3n) is 5.56. The average Bonchev–Trinajstić information content (AvgIpc) is 2.57. The fraction of sp³-hybridized carbons (Fsp3) is 0.632. The molecule has 0 bridgehead atoms. The number of amides is 2. The zero-order valence-electron chi connectivity index (χ0n) is 14.2. The molecule has 2 amide bonds. The lowest BCUT2D eigenvalue weighted by Crippen LogP contribution is -2.51. The second kappa shape index (κ2) is 6.52. The van der Waals surface area contributed by atoms with Gasteiger partial charge in [0.2, 0.25) is 0 Å². The Morgan fingerprint density at radius 3 is 3.00 bits per heavy atom. The number of aliphatic hydroxyl groups excluding tert-OH is 1. The van der Waals surface area contributed by atoms with Crippen molar-refractivity contribution in [3.63, 3.8) is 0 Å². The summed E-state index contributed by atoms with van der Waals surface area (Å²) in [7, 11) is 0. The van der Waals surface area contributed by atoms with Crippen molar-refractivity contribution >= 4 is 6.03 Å². The van der Waals surface area contributed by atoms with E-state index < -0.39 is 0 Å². The summed E-state index contributed by atoms with van der Waals surface area (Å²) in [5, 5.41) is 12.8. The van der Waals surface area contributed by atoms with Crippen molar-refractivity contribution < 1.29 is 9.90 Å². The largest absolute Gasteiger partial charge is 0.396 e. The molecule has 4 nitrogen and oxygen atoms in total. The fourth-order valence-electron chi connectivity index (χ4n) is 3.98. The second-order valence-electron chi connectivity index (χ2n) is 7.64. The van der Waals surface area contributed by atoms with Crippen molar-refractivity contribution in [2.75, 3.05) is 19.7 Å². The monoisotopic (exact) mass is 316 g/mol. The first-order valence-electron chi connectivity index (χ1n) is 8.76. The number of carbonyl (C=O) groups is 1. The van der Waals surface area contributed by atoms with Crippen LogP contribution in [0.25, 0.3) is 0 Å². The predicted octanol–water partition coefficient (Wildman–Crippen LogP) is 3.11. The summed E-state index contributed by atoms with van der Waals surface area (Å²) in [5.41, 5.74) is 2.46. The molecule has 0 aromatic heterocycles. The molecule has 1 aromatic rings. The van der Waals surface area contributed by atoms with Crippen LogP contribution >= 0.6 is 0 Å². The third kappa shape index (κ3) is 3.37. The number of nitrogens with one attached hydrogen (secondary N) is 1. The topological polar surface area (TPSA) is 52.6 Å². The molecule has 126 valence electrons. The number of rotatable bonds is 2. The highest BCUT2D eigenvalue weighted by Crippen LogP contribution is 2.35. The Morgan fingerprint density at radius 2 is 2.22 bits per heavy atom. The lowest BCUT2D eigenvalue weighted by molar-refractivity contribution is 0.0600. The van der Waals surface area contributed by atoms with E-state index in [1.165, 1.54) is 11.1 Å². The molecule has 1 saturated heterocycles. The van der Waals surface area contributed by atoms with E-state index in [2.05, 4.69) is 43.4 Å².